The van der Waals surface area contributed by atoms with Crippen molar-refractivity contribution < 1.29 is 4.74 Å². The lowest BCUT2D eigenvalue weighted by Crippen LogP contribution is -1.97. The largest absolute Gasteiger partial charge is 0.494 e. The molecule has 0 saturated carbocycles. The Morgan fingerprint density at radius 3 is 2.80 bits per heavy atom. The molecule has 6 heteroatoms. The Morgan fingerprint density at radius 2 is 2.20 bits per heavy atom. The van der Waals surface area contributed by atoms with Crippen molar-refractivity contribution in [1.29, 1.82) is 0 Å². The predicted molar refractivity (Wildman–Crippen MR) is 55.2 cm³/mol. The molecule has 0 amide bonds. The van der Waals surface area contributed by atoms with Gasteiger partial charge in [-0.25, -0.2) is 4.98 Å². The molecule has 0 aromatic carbocycles. The standard InChI is InChI=1S/C9H11N5O/c1-14-5-12-9(13-14)6-3-11-4-7(10)8(6)15-2/h3-5H,10H2,1-2H3. The first-order valence-corrected chi connectivity index (χ1v) is 4.36. The Kier molecular flexibility index (Phi) is 2.24. The second-order valence-electron chi connectivity index (χ2n) is 3.05. The van der Waals surface area contributed by atoms with Gasteiger partial charge in [-0.2, -0.15) is 5.10 Å². The van der Waals surface area contributed by atoms with Crippen LogP contribution in [0.4, 0.5) is 5.69 Å². The van der Waals surface area contributed by atoms with Crippen LogP contribution in [0.25, 0.3) is 11.4 Å². The minimum atomic E-state index is 0.474. The molecular formula is C9H11N5O. The molecule has 0 unspecified atom stereocenters. The fourth-order valence-corrected chi connectivity index (χ4v) is 1.31. The number of aryl methyl sites for hydroxylation is 1. The highest BCUT2D eigenvalue weighted by molar-refractivity contribution is 5.71. The highest BCUT2D eigenvalue weighted by Crippen LogP contribution is 2.31. The van der Waals surface area contributed by atoms with Gasteiger partial charge in [0.25, 0.3) is 0 Å². The van der Waals surface area contributed by atoms with Gasteiger partial charge in [0.2, 0.25) is 0 Å². The summed E-state index contributed by atoms with van der Waals surface area (Å²) in [6.45, 7) is 0. The molecule has 0 atom stereocenters. The van der Waals surface area contributed by atoms with E-state index in [-0.39, 0.29) is 0 Å². The molecule has 2 N–H and O–H groups in total. The highest BCUT2D eigenvalue weighted by atomic mass is 16.5. The predicted octanol–water partition coefficient (Wildman–Crippen LogP) is 0.468. The van der Waals surface area contributed by atoms with Gasteiger partial charge in [0.05, 0.1) is 24.6 Å². The molecule has 2 aromatic heterocycles. The monoisotopic (exact) mass is 205 g/mol. The Hall–Kier alpha value is -2.11. The van der Waals surface area contributed by atoms with E-state index in [0.717, 1.165) is 0 Å². The van der Waals surface area contributed by atoms with E-state index in [1.807, 2.05) is 0 Å². The summed E-state index contributed by atoms with van der Waals surface area (Å²) in [7, 11) is 3.35. The van der Waals surface area contributed by atoms with Crippen LogP contribution in [0, 0.1) is 0 Å². The molecule has 0 aliphatic carbocycles. The Labute approximate surface area is 86.7 Å². The highest BCUT2D eigenvalue weighted by Gasteiger charge is 2.12. The fourth-order valence-electron chi connectivity index (χ4n) is 1.31. The quantitative estimate of drug-likeness (QED) is 0.770. The van der Waals surface area contributed by atoms with Crippen molar-refractivity contribution in [3.63, 3.8) is 0 Å². The molecule has 2 aromatic rings. The summed E-state index contributed by atoms with van der Waals surface area (Å²) < 4.78 is 6.79. The first-order valence-electron chi connectivity index (χ1n) is 4.36. The van der Waals surface area contributed by atoms with E-state index in [0.29, 0.717) is 22.8 Å². The Morgan fingerprint density at radius 1 is 1.40 bits per heavy atom. The van der Waals surface area contributed by atoms with E-state index >= 15 is 0 Å². The van der Waals surface area contributed by atoms with Crippen LogP contribution in [0.1, 0.15) is 0 Å². The van der Waals surface area contributed by atoms with Crippen LogP contribution in [-0.4, -0.2) is 26.9 Å². The van der Waals surface area contributed by atoms with Gasteiger partial charge < -0.3 is 10.5 Å². The molecule has 0 aliphatic rings. The van der Waals surface area contributed by atoms with E-state index < -0.39 is 0 Å². The maximum atomic E-state index is 5.73. The smallest absolute Gasteiger partial charge is 0.186 e. The summed E-state index contributed by atoms with van der Waals surface area (Å²) in [4.78, 5) is 8.10. The molecule has 0 aliphatic heterocycles. The fraction of sp³-hybridized carbons (Fsp3) is 0.222. The van der Waals surface area contributed by atoms with Crippen LogP contribution in [-0.2, 0) is 7.05 Å². The average Bonchev–Trinajstić information content (AvgIpc) is 2.64. The van der Waals surface area contributed by atoms with E-state index in [1.165, 1.54) is 6.20 Å². The summed E-state index contributed by atoms with van der Waals surface area (Å²) in [5.41, 5.74) is 6.89. The second kappa shape index (κ2) is 3.56. The SMILES string of the molecule is COc1c(N)cncc1-c1ncn(C)n1. The Balaban J connectivity index is 2.57. The van der Waals surface area contributed by atoms with Gasteiger partial charge >= 0.3 is 0 Å². The topological polar surface area (TPSA) is 78.9 Å². The summed E-state index contributed by atoms with van der Waals surface area (Å²) in [6.07, 6.45) is 4.77. The molecule has 2 rings (SSSR count). The lowest BCUT2D eigenvalue weighted by molar-refractivity contribution is 0.418. The van der Waals surface area contributed by atoms with Crippen molar-refractivity contribution in [2.45, 2.75) is 0 Å². The maximum Gasteiger partial charge on any atom is 0.186 e. The van der Waals surface area contributed by atoms with Gasteiger partial charge in [-0.05, 0) is 0 Å². The van der Waals surface area contributed by atoms with Crippen molar-refractivity contribution in [3.05, 3.63) is 18.7 Å². The molecule has 0 bridgehead atoms. The zero-order chi connectivity index (χ0) is 10.8. The van der Waals surface area contributed by atoms with Crippen LogP contribution < -0.4 is 10.5 Å². The van der Waals surface area contributed by atoms with Crippen LogP contribution in [0.2, 0.25) is 0 Å². The van der Waals surface area contributed by atoms with Crippen molar-refractivity contribution in [2.75, 3.05) is 12.8 Å². The van der Waals surface area contributed by atoms with Crippen molar-refractivity contribution in [1.82, 2.24) is 19.7 Å². The molecule has 6 nitrogen and oxygen atoms in total. The van der Waals surface area contributed by atoms with E-state index in [2.05, 4.69) is 15.1 Å². The molecule has 0 radical (unpaired) electrons. The summed E-state index contributed by atoms with van der Waals surface area (Å²) >= 11 is 0. The van der Waals surface area contributed by atoms with E-state index in [1.54, 1.807) is 31.4 Å². The molecule has 0 fully saturated rings. The number of pyridine rings is 1. The van der Waals surface area contributed by atoms with Crippen LogP contribution in [0.3, 0.4) is 0 Å². The third kappa shape index (κ3) is 1.61. The third-order valence-electron chi connectivity index (χ3n) is 1.97. The molecule has 0 spiro atoms. The number of nitrogens with two attached hydrogens (primary N) is 1. The second-order valence-corrected chi connectivity index (χ2v) is 3.05. The van der Waals surface area contributed by atoms with Crippen LogP contribution in [0.5, 0.6) is 5.75 Å². The van der Waals surface area contributed by atoms with E-state index in [4.69, 9.17) is 10.5 Å². The molecule has 15 heavy (non-hydrogen) atoms. The zero-order valence-corrected chi connectivity index (χ0v) is 8.51. The number of ether oxygens (including phenoxy) is 1. The molecule has 0 saturated heterocycles. The van der Waals surface area contributed by atoms with Gasteiger partial charge in [0.15, 0.2) is 11.6 Å². The number of nitrogen functional groups attached to an aromatic ring is 1. The summed E-state index contributed by atoms with van der Waals surface area (Å²) in [6, 6.07) is 0. The number of nitrogens with zero attached hydrogens (tertiary/aromatic N) is 4. The normalized spacial score (nSPS) is 10.3. The average molecular weight is 205 g/mol. The molecule has 2 heterocycles. The van der Waals surface area contributed by atoms with Gasteiger partial charge in [0.1, 0.15) is 6.33 Å². The third-order valence-corrected chi connectivity index (χ3v) is 1.97. The zero-order valence-electron chi connectivity index (χ0n) is 8.51. The number of rotatable bonds is 2. The van der Waals surface area contributed by atoms with Crippen molar-refractivity contribution in [2.24, 2.45) is 7.05 Å². The summed E-state index contributed by atoms with van der Waals surface area (Å²) in [5, 5.41) is 4.16. The first kappa shape index (κ1) is 9.45. The minimum Gasteiger partial charge on any atom is -0.494 e. The van der Waals surface area contributed by atoms with Gasteiger partial charge in [-0.15, -0.1) is 0 Å². The number of methoxy groups -OCH3 is 1. The van der Waals surface area contributed by atoms with Gasteiger partial charge in [-0.1, -0.05) is 0 Å². The van der Waals surface area contributed by atoms with Gasteiger partial charge in [0, 0.05) is 13.2 Å². The van der Waals surface area contributed by atoms with Crippen LogP contribution >= 0.6 is 0 Å². The number of hydrogen-bond acceptors (Lipinski definition) is 5. The molecular weight excluding hydrogens is 194 g/mol. The summed E-state index contributed by atoms with van der Waals surface area (Å²) in [5.74, 6) is 1.10. The van der Waals surface area contributed by atoms with Crippen molar-refractivity contribution >= 4 is 5.69 Å². The van der Waals surface area contributed by atoms with Crippen molar-refractivity contribution in [3.8, 4) is 17.1 Å². The maximum absolute atomic E-state index is 5.73. The lowest BCUT2D eigenvalue weighted by atomic mass is 10.2. The number of anilines is 1. The Bertz CT molecular complexity index is 479. The van der Waals surface area contributed by atoms with Crippen LogP contribution in [0.15, 0.2) is 18.7 Å². The van der Waals surface area contributed by atoms with Gasteiger partial charge in [-0.3, -0.25) is 9.67 Å². The molecule has 78 valence electrons. The lowest BCUT2D eigenvalue weighted by Gasteiger charge is -2.06. The number of aromatic nitrogens is 4. The minimum absolute atomic E-state index is 0.474. The van der Waals surface area contributed by atoms with E-state index in [9.17, 15) is 0 Å². The first-order chi connectivity index (χ1) is 7.22. The number of hydrogen-bond donors (Lipinski definition) is 1.